The van der Waals surface area contributed by atoms with Gasteiger partial charge in [-0.15, -0.1) is 0 Å². The lowest BCUT2D eigenvalue weighted by atomic mass is 10.1. The number of nitrogens with one attached hydrogen (secondary N) is 2. The lowest BCUT2D eigenvalue weighted by Gasteiger charge is -2.16. The maximum absolute atomic E-state index is 12.7. The van der Waals surface area contributed by atoms with Crippen LogP contribution in [-0.4, -0.2) is 36.8 Å². The zero-order chi connectivity index (χ0) is 25.5. The third-order valence-electron chi connectivity index (χ3n) is 5.82. The van der Waals surface area contributed by atoms with E-state index in [4.69, 9.17) is 4.74 Å². The second kappa shape index (κ2) is 11.3. The van der Waals surface area contributed by atoms with Crippen LogP contribution in [0, 0.1) is 6.92 Å². The van der Waals surface area contributed by atoms with Gasteiger partial charge in [0.25, 0.3) is 11.8 Å². The lowest BCUT2D eigenvalue weighted by Crippen LogP contribution is -2.26. The summed E-state index contributed by atoms with van der Waals surface area (Å²) in [6, 6.07) is 21.0. The summed E-state index contributed by atoms with van der Waals surface area (Å²) in [4.78, 5) is 51.3. The minimum Gasteiger partial charge on any atom is -0.452 e. The molecule has 1 saturated heterocycles. The average Bonchev–Trinajstić information content (AvgIpc) is 3.33. The van der Waals surface area contributed by atoms with Crippen LogP contribution in [0.25, 0.3) is 0 Å². The van der Waals surface area contributed by atoms with Gasteiger partial charge in [-0.2, -0.15) is 0 Å². The molecule has 1 aliphatic heterocycles. The molecule has 1 heterocycles. The Kier molecular flexibility index (Phi) is 7.75. The normalized spacial score (nSPS) is 12.8. The predicted molar refractivity (Wildman–Crippen MR) is 136 cm³/mol. The maximum atomic E-state index is 12.7. The van der Waals surface area contributed by atoms with E-state index in [1.54, 1.807) is 53.4 Å². The molecule has 0 radical (unpaired) electrons. The number of carbonyl (C=O) groups is 4. The van der Waals surface area contributed by atoms with Gasteiger partial charge in [-0.25, -0.2) is 4.79 Å². The number of benzene rings is 3. The molecule has 8 heteroatoms. The Morgan fingerprint density at radius 1 is 0.972 bits per heavy atom. The van der Waals surface area contributed by atoms with Gasteiger partial charge >= 0.3 is 5.97 Å². The first-order valence-corrected chi connectivity index (χ1v) is 11.7. The largest absolute Gasteiger partial charge is 0.452 e. The molecule has 1 fully saturated rings. The van der Waals surface area contributed by atoms with Gasteiger partial charge in [0, 0.05) is 25.2 Å². The summed E-state index contributed by atoms with van der Waals surface area (Å²) in [7, 11) is 0. The molecule has 3 aromatic rings. The molecule has 184 valence electrons. The van der Waals surface area contributed by atoms with Crippen LogP contribution in [0.15, 0.2) is 72.8 Å². The van der Waals surface area contributed by atoms with Crippen molar-refractivity contribution < 1.29 is 23.9 Å². The number of nitrogens with zero attached hydrogens (tertiary/aromatic N) is 1. The molecule has 0 bridgehead atoms. The molecule has 0 aliphatic carbocycles. The van der Waals surface area contributed by atoms with E-state index in [2.05, 4.69) is 10.6 Å². The van der Waals surface area contributed by atoms with Crippen LogP contribution in [0.2, 0.25) is 0 Å². The van der Waals surface area contributed by atoms with Gasteiger partial charge in [0.15, 0.2) is 6.61 Å². The van der Waals surface area contributed by atoms with Crippen LogP contribution in [0.1, 0.15) is 44.7 Å². The smallest absolute Gasteiger partial charge is 0.338 e. The summed E-state index contributed by atoms with van der Waals surface area (Å²) in [6.07, 6.45) is 1.26. The van der Waals surface area contributed by atoms with Crippen LogP contribution in [-0.2, 0) is 20.9 Å². The SMILES string of the molecule is Cc1ccc(CNC(=O)c2ccccc2NC(=O)COC(=O)c2cccc(N3CCCC3=O)c2)cc1. The van der Waals surface area contributed by atoms with Crippen LogP contribution in [0.4, 0.5) is 11.4 Å². The third-order valence-corrected chi connectivity index (χ3v) is 5.82. The van der Waals surface area contributed by atoms with Gasteiger partial charge in [0.1, 0.15) is 0 Å². The van der Waals surface area contributed by atoms with Gasteiger partial charge in [-0.1, -0.05) is 48.0 Å². The van der Waals surface area contributed by atoms with Crippen molar-refractivity contribution in [3.05, 3.63) is 95.1 Å². The highest BCUT2D eigenvalue weighted by Crippen LogP contribution is 2.22. The molecular formula is C28H27N3O5. The monoisotopic (exact) mass is 485 g/mol. The number of hydrogen-bond donors (Lipinski definition) is 2. The van der Waals surface area contributed by atoms with E-state index in [1.807, 2.05) is 31.2 Å². The average molecular weight is 486 g/mol. The van der Waals surface area contributed by atoms with Crippen LogP contribution in [0.3, 0.4) is 0 Å². The summed E-state index contributed by atoms with van der Waals surface area (Å²) in [5.74, 6) is -1.58. The van der Waals surface area contributed by atoms with Crippen molar-refractivity contribution in [3.8, 4) is 0 Å². The van der Waals surface area contributed by atoms with E-state index < -0.39 is 18.5 Å². The maximum Gasteiger partial charge on any atom is 0.338 e. The van der Waals surface area contributed by atoms with Crippen molar-refractivity contribution in [1.29, 1.82) is 0 Å². The first-order chi connectivity index (χ1) is 17.4. The van der Waals surface area contributed by atoms with Crippen molar-refractivity contribution >= 4 is 35.1 Å². The Hall–Kier alpha value is -4.46. The Bertz CT molecular complexity index is 1290. The number of amides is 3. The minimum atomic E-state index is -0.678. The summed E-state index contributed by atoms with van der Waals surface area (Å²) in [5.41, 5.74) is 3.58. The highest BCUT2D eigenvalue weighted by atomic mass is 16.5. The predicted octanol–water partition coefficient (Wildman–Crippen LogP) is 3.85. The molecule has 2 N–H and O–H groups in total. The van der Waals surface area contributed by atoms with E-state index >= 15 is 0 Å². The lowest BCUT2D eigenvalue weighted by molar-refractivity contribution is -0.119. The molecule has 0 spiro atoms. The summed E-state index contributed by atoms with van der Waals surface area (Å²) in [5, 5.41) is 5.48. The van der Waals surface area contributed by atoms with E-state index in [0.29, 0.717) is 36.4 Å². The number of carbonyl (C=O) groups excluding carboxylic acids is 4. The van der Waals surface area contributed by atoms with Gasteiger partial charge < -0.3 is 20.3 Å². The van der Waals surface area contributed by atoms with E-state index in [-0.39, 0.29) is 17.4 Å². The Morgan fingerprint density at radius 2 is 1.75 bits per heavy atom. The molecular weight excluding hydrogens is 458 g/mol. The number of aryl methyl sites for hydroxylation is 1. The Morgan fingerprint density at radius 3 is 2.50 bits per heavy atom. The fourth-order valence-corrected chi connectivity index (χ4v) is 3.90. The van der Waals surface area contributed by atoms with Crippen molar-refractivity contribution in [2.24, 2.45) is 0 Å². The van der Waals surface area contributed by atoms with E-state index in [1.165, 1.54) is 0 Å². The highest BCUT2D eigenvalue weighted by Gasteiger charge is 2.22. The summed E-state index contributed by atoms with van der Waals surface area (Å²) >= 11 is 0. The number of esters is 1. The first-order valence-electron chi connectivity index (χ1n) is 11.7. The van der Waals surface area contributed by atoms with Crippen molar-refractivity contribution in [3.63, 3.8) is 0 Å². The molecule has 3 aromatic carbocycles. The highest BCUT2D eigenvalue weighted by molar-refractivity contribution is 6.04. The second-order valence-corrected chi connectivity index (χ2v) is 8.54. The Balaban J connectivity index is 1.33. The zero-order valence-corrected chi connectivity index (χ0v) is 20.0. The molecule has 0 saturated carbocycles. The molecule has 4 rings (SSSR count). The molecule has 8 nitrogen and oxygen atoms in total. The van der Waals surface area contributed by atoms with Gasteiger partial charge in [0.2, 0.25) is 5.91 Å². The molecule has 1 aliphatic rings. The quantitative estimate of drug-likeness (QED) is 0.472. The van der Waals surface area contributed by atoms with Gasteiger partial charge in [-0.05, 0) is 49.2 Å². The number of rotatable bonds is 8. The third kappa shape index (κ3) is 6.15. The summed E-state index contributed by atoms with van der Waals surface area (Å²) in [6.45, 7) is 2.43. The van der Waals surface area contributed by atoms with Crippen LogP contribution < -0.4 is 15.5 Å². The summed E-state index contributed by atoms with van der Waals surface area (Å²) < 4.78 is 5.17. The van der Waals surface area contributed by atoms with Crippen LogP contribution in [0.5, 0.6) is 0 Å². The minimum absolute atomic E-state index is 0.0152. The van der Waals surface area contributed by atoms with E-state index in [9.17, 15) is 19.2 Å². The molecule has 3 amide bonds. The fraction of sp³-hybridized carbons (Fsp3) is 0.214. The number of hydrogen-bond acceptors (Lipinski definition) is 5. The fourth-order valence-electron chi connectivity index (χ4n) is 3.90. The van der Waals surface area contributed by atoms with E-state index in [0.717, 1.165) is 17.5 Å². The second-order valence-electron chi connectivity index (χ2n) is 8.54. The van der Waals surface area contributed by atoms with Gasteiger partial charge in [0.05, 0.1) is 16.8 Å². The van der Waals surface area contributed by atoms with Crippen molar-refractivity contribution in [1.82, 2.24) is 5.32 Å². The Labute approximate surface area is 209 Å². The molecule has 0 aromatic heterocycles. The molecule has 0 atom stereocenters. The van der Waals surface area contributed by atoms with Crippen LogP contribution >= 0.6 is 0 Å². The topological polar surface area (TPSA) is 105 Å². The first kappa shape index (κ1) is 24.7. The standard InChI is InChI=1S/C28H27N3O5/c1-19-11-13-20(14-12-19)17-29-27(34)23-8-2-3-9-24(23)30-25(32)18-36-28(35)21-6-4-7-22(16-21)31-15-5-10-26(31)33/h2-4,6-9,11-14,16H,5,10,15,17-18H2,1H3,(H,29,34)(H,30,32). The van der Waals surface area contributed by atoms with Crippen molar-refractivity contribution in [2.45, 2.75) is 26.3 Å². The number of anilines is 2. The van der Waals surface area contributed by atoms with Crippen molar-refractivity contribution in [2.75, 3.05) is 23.4 Å². The zero-order valence-electron chi connectivity index (χ0n) is 20.0. The number of ether oxygens (including phenoxy) is 1. The molecule has 0 unspecified atom stereocenters. The molecule has 36 heavy (non-hydrogen) atoms. The number of para-hydroxylation sites is 1. The van der Waals surface area contributed by atoms with Gasteiger partial charge in [-0.3, -0.25) is 14.4 Å².